The van der Waals surface area contributed by atoms with Gasteiger partial charge >= 0.3 is 41.9 Å². The van der Waals surface area contributed by atoms with E-state index in [1.165, 1.54) is 22.8 Å². The van der Waals surface area contributed by atoms with E-state index in [1.54, 1.807) is 38.7 Å². The molecule has 7 rings (SSSR count). The predicted octanol–water partition coefficient (Wildman–Crippen LogP) is 4.79. The first-order valence-electron chi connectivity index (χ1n) is 22.9. The van der Waals surface area contributed by atoms with E-state index in [1.807, 2.05) is 38.1 Å². The number of hydrogen-bond donors (Lipinski definition) is 1. The van der Waals surface area contributed by atoms with Gasteiger partial charge in [0.25, 0.3) is 5.56 Å². The van der Waals surface area contributed by atoms with E-state index in [9.17, 15) is 38.4 Å². The highest BCUT2D eigenvalue weighted by Gasteiger charge is 2.56. The second-order valence-electron chi connectivity index (χ2n) is 18.5. The van der Waals surface area contributed by atoms with Gasteiger partial charge in [-0.05, 0) is 77.3 Å². The van der Waals surface area contributed by atoms with Crippen LogP contribution in [0.25, 0.3) is 22.3 Å². The zero-order chi connectivity index (χ0) is 51.9. The summed E-state index contributed by atoms with van der Waals surface area (Å²) in [4.78, 5) is 114. The molecule has 2 N–H and O–H groups in total. The number of benzene rings is 2. The number of nitrogen functional groups attached to an aromatic ring is 1. The third kappa shape index (κ3) is 10.2. The van der Waals surface area contributed by atoms with Gasteiger partial charge in [0.1, 0.15) is 23.5 Å². The molecule has 3 aliphatic rings. The van der Waals surface area contributed by atoms with E-state index in [4.69, 9.17) is 53.3 Å². The largest absolute Gasteiger partial charge is 0.467 e. The maximum absolute atomic E-state index is 14.7. The number of methoxy groups -OCH3 is 1. The van der Waals surface area contributed by atoms with Crippen molar-refractivity contribution >= 4 is 58.5 Å². The van der Waals surface area contributed by atoms with Gasteiger partial charge in [0, 0.05) is 61.6 Å². The topological polar surface area (TPSA) is 267 Å². The third-order valence-corrected chi connectivity index (χ3v) is 12.1. The third-order valence-electron chi connectivity index (χ3n) is 12.1. The molecule has 21 nitrogen and oxygen atoms in total. The molecule has 3 aliphatic heterocycles. The minimum atomic E-state index is -2.22. The molecule has 0 spiro atoms. The fourth-order valence-corrected chi connectivity index (χ4v) is 8.99. The lowest BCUT2D eigenvalue weighted by atomic mass is 9.85. The number of cyclic esters (lactones) is 1. The number of ether oxygens (including phenoxy) is 9. The lowest BCUT2D eigenvalue weighted by Gasteiger charge is -2.43. The highest BCUT2D eigenvalue weighted by Crippen LogP contribution is 2.43. The van der Waals surface area contributed by atoms with Crippen LogP contribution in [0.3, 0.4) is 0 Å². The number of nitrogens with two attached hydrogens (primary N) is 1. The number of pyridine rings is 2. The molecular weight excluding hydrogens is 929 g/mol. The average molecular weight is 985 g/mol. The number of amides is 1. The normalized spacial score (nSPS) is 21.2. The van der Waals surface area contributed by atoms with E-state index in [-0.39, 0.29) is 47.9 Å². The van der Waals surface area contributed by atoms with Crippen LogP contribution in [-0.4, -0.2) is 112 Å². The van der Waals surface area contributed by atoms with Crippen LogP contribution < -0.4 is 16.0 Å². The lowest BCUT2D eigenvalue weighted by molar-refractivity contribution is -0.282. The van der Waals surface area contributed by atoms with Crippen molar-refractivity contribution in [1.29, 1.82) is 0 Å². The Hall–Kier alpha value is -7.55. The van der Waals surface area contributed by atoms with Crippen molar-refractivity contribution < 1.29 is 76.2 Å². The van der Waals surface area contributed by atoms with Crippen LogP contribution in [0.15, 0.2) is 53.3 Å². The molecule has 6 atom stereocenters. The molecule has 378 valence electrons. The summed E-state index contributed by atoms with van der Waals surface area (Å²) in [6, 6.07) is 12.6. The first-order valence-corrected chi connectivity index (χ1v) is 22.9. The number of aromatic nitrogens is 2. The van der Waals surface area contributed by atoms with E-state index < -0.39 is 102 Å². The molecule has 0 aliphatic carbocycles. The molecule has 0 radical (unpaired) electrons. The van der Waals surface area contributed by atoms with Gasteiger partial charge in [-0.2, -0.15) is 0 Å². The van der Waals surface area contributed by atoms with Gasteiger partial charge in [-0.15, -0.1) is 0 Å². The fourth-order valence-electron chi connectivity index (χ4n) is 8.99. The Morgan fingerprint density at radius 2 is 1.58 bits per heavy atom. The molecule has 2 aromatic carbocycles. The summed E-state index contributed by atoms with van der Waals surface area (Å²) < 4.78 is 52.3. The van der Waals surface area contributed by atoms with Crippen molar-refractivity contribution in [1.82, 2.24) is 14.5 Å². The van der Waals surface area contributed by atoms with Crippen LogP contribution >= 0.6 is 0 Å². The lowest BCUT2D eigenvalue weighted by Crippen LogP contribution is -2.64. The highest BCUT2D eigenvalue weighted by molar-refractivity contribution is 5.97. The molecule has 71 heavy (non-hydrogen) atoms. The number of carbonyl (C=O) groups is 7. The van der Waals surface area contributed by atoms with Gasteiger partial charge in [0.2, 0.25) is 18.0 Å². The molecule has 1 saturated heterocycles. The number of carbonyl (C=O) groups excluding carboxylic acids is 7. The maximum Gasteiger partial charge on any atom is 0.410 e. The number of nitrogens with zero attached hydrogens (tertiary/aromatic N) is 3. The summed E-state index contributed by atoms with van der Waals surface area (Å²) in [7, 11) is 1.02. The zero-order valence-electron chi connectivity index (χ0n) is 41.0. The number of esters is 6. The highest BCUT2D eigenvalue weighted by atomic mass is 16.7. The van der Waals surface area contributed by atoms with E-state index >= 15 is 0 Å². The van der Waals surface area contributed by atoms with Gasteiger partial charge in [0.15, 0.2) is 18.3 Å². The van der Waals surface area contributed by atoms with E-state index in [2.05, 4.69) is 0 Å². The number of anilines is 1. The Morgan fingerprint density at radius 1 is 0.915 bits per heavy atom. The van der Waals surface area contributed by atoms with Crippen molar-refractivity contribution in [3.05, 3.63) is 86.7 Å². The summed E-state index contributed by atoms with van der Waals surface area (Å²) in [5.41, 5.74) is 5.51. The average Bonchev–Trinajstić information content (AvgIpc) is 3.66. The second kappa shape index (κ2) is 20.1. The summed E-state index contributed by atoms with van der Waals surface area (Å²) >= 11 is 0. The van der Waals surface area contributed by atoms with Crippen molar-refractivity contribution in [3.63, 3.8) is 0 Å². The molecular formula is C50H56N4O17. The van der Waals surface area contributed by atoms with Crippen molar-refractivity contribution in [2.45, 2.75) is 136 Å². The molecule has 4 aromatic rings. The monoisotopic (exact) mass is 984 g/mol. The first-order chi connectivity index (χ1) is 33.5. The Morgan fingerprint density at radius 3 is 2.21 bits per heavy atom. The predicted molar refractivity (Wildman–Crippen MR) is 248 cm³/mol. The van der Waals surface area contributed by atoms with Gasteiger partial charge < -0.3 is 57.8 Å². The molecule has 21 heteroatoms. The van der Waals surface area contributed by atoms with E-state index in [0.717, 1.165) is 44.4 Å². The number of rotatable bonds is 13. The standard InChI is InChI=1S/C50H56N4O17/c1-11-50(70-44(59)31-17-16-28(51)20-37(31)68-46-42(67-27(6)57)40(66-26(5)56)39(65-25(4)55)41(69-46)45(60)63-10)34-21-36-38-32(22-54(36)43(58)33(34)23-64-47(50)61)29(30-14-12-13-15-35(30)52-38)18-19-53(24(2)3)48(62)71-49(7,8)9/h12-17,20-21,24,39-42,46H,11,18-19,22-23,51H2,1-10H3/t39-,40-,41-,42+,46+,50-/m0/s1. The van der Waals surface area contributed by atoms with Crippen LogP contribution in [0.5, 0.6) is 5.75 Å². The number of fused-ring (bicyclic) bond motifs is 5. The molecule has 0 bridgehead atoms. The Balaban J connectivity index is 1.28. The Labute approximate surface area is 407 Å². The molecule has 0 saturated carbocycles. The van der Waals surface area contributed by atoms with Crippen LogP contribution in [0.2, 0.25) is 0 Å². The second-order valence-corrected chi connectivity index (χ2v) is 18.5. The summed E-state index contributed by atoms with van der Waals surface area (Å²) in [6.45, 7) is 13.8. The molecule has 5 heterocycles. The zero-order valence-corrected chi connectivity index (χ0v) is 41.0. The Bertz CT molecular complexity index is 2890. The van der Waals surface area contributed by atoms with Crippen LogP contribution in [0, 0.1) is 0 Å². The van der Waals surface area contributed by atoms with Crippen LogP contribution in [-0.2, 0) is 87.0 Å². The molecule has 2 aromatic heterocycles. The van der Waals surface area contributed by atoms with Crippen LogP contribution in [0.1, 0.15) is 101 Å². The van der Waals surface area contributed by atoms with Crippen LogP contribution in [0.4, 0.5) is 10.5 Å². The Kier molecular flexibility index (Phi) is 14.5. The van der Waals surface area contributed by atoms with Gasteiger partial charge in [-0.25, -0.2) is 24.2 Å². The fraction of sp³-hybridized carbons (Fsp3) is 0.460. The summed E-state index contributed by atoms with van der Waals surface area (Å²) in [5.74, 6) is -6.44. The van der Waals surface area contributed by atoms with Gasteiger partial charge in [0.05, 0.1) is 36.1 Å². The summed E-state index contributed by atoms with van der Waals surface area (Å²) in [5, 5.41) is 0.825. The minimum Gasteiger partial charge on any atom is -0.467 e. The molecule has 1 fully saturated rings. The smallest absolute Gasteiger partial charge is 0.410 e. The SMILES string of the molecule is CC[C@@]1(OC(=O)c2ccc(N)cc2O[C@@H]2O[C@H](C(=O)OC)[C@@H](OC(C)=O)[C@H](OC(C)=O)[C@H]2OC(C)=O)C(=O)OCc2c1cc1n(c2=O)Cc2c-1nc1ccccc1c2CCN(C(=O)OC(C)(C)C)C(C)C. The van der Waals surface area contributed by atoms with Crippen molar-refractivity contribution in [2.24, 2.45) is 0 Å². The van der Waals surface area contributed by atoms with Gasteiger partial charge in [-0.3, -0.25) is 19.2 Å². The van der Waals surface area contributed by atoms with E-state index in [0.29, 0.717) is 23.3 Å². The first kappa shape index (κ1) is 51.3. The van der Waals surface area contributed by atoms with Gasteiger partial charge in [-0.1, -0.05) is 25.1 Å². The molecule has 1 amide bonds. The summed E-state index contributed by atoms with van der Waals surface area (Å²) in [6.07, 6.45) is -9.22. The maximum atomic E-state index is 14.7. The van der Waals surface area contributed by atoms with Crippen molar-refractivity contribution in [2.75, 3.05) is 19.4 Å². The number of hydrogen-bond acceptors (Lipinski definition) is 19. The number of para-hydroxylation sites is 1. The minimum absolute atomic E-state index is 0.0336. The van der Waals surface area contributed by atoms with Crippen molar-refractivity contribution in [3.8, 4) is 17.1 Å². The quantitative estimate of drug-likeness (QED) is 0.0944. The molecule has 0 unspecified atom stereocenters.